The first kappa shape index (κ1) is 9.95. The molecule has 0 saturated heterocycles. The fraction of sp³-hybridized carbons (Fsp3) is 0.273. The molecule has 6 heteroatoms. The van der Waals surface area contributed by atoms with Crippen molar-refractivity contribution in [3.63, 3.8) is 0 Å². The van der Waals surface area contributed by atoms with Crippen molar-refractivity contribution >= 4 is 11.6 Å². The van der Waals surface area contributed by atoms with Gasteiger partial charge in [0.25, 0.3) is 5.91 Å². The van der Waals surface area contributed by atoms with Gasteiger partial charge in [0.15, 0.2) is 0 Å². The van der Waals surface area contributed by atoms with E-state index < -0.39 is 0 Å². The van der Waals surface area contributed by atoms with E-state index in [0.29, 0.717) is 11.6 Å². The molecule has 0 radical (unpaired) electrons. The van der Waals surface area contributed by atoms with Crippen molar-refractivity contribution in [2.24, 2.45) is 0 Å². The maximum Gasteiger partial charge on any atom is 0.295 e. The molecule has 0 bridgehead atoms. The SMILES string of the molecule is O=C(Nc1cccnc1)c1n[nH]c(C2CC2)n1. The summed E-state index contributed by atoms with van der Waals surface area (Å²) in [6.45, 7) is 0. The van der Waals surface area contributed by atoms with E-state index in [4.69, 9.17) is 0 Å². The average Bonchev–Trinajstić information content (AvgIpc) is 3.08. The maximum absolute atomic E-state index is 11.8. The molecule has 0 aliphatic heterocycles. The number of carbonyl (C=O) groups is 1. The van der Waals surface area contributed by atoms with Gasteiger partial charge in [-0.15, -0.1) is 5.10 Å². The summed E-state index contributed by atoms with van der Waals surface area (Å²) in [6.07, 6.45) is 5.47. The van der Waals surface area contributed by atoms with Gasteiger partial charge in [-0.3, -0.25) is 14.9 Å². The number of aromatic nitrogens is 4. The van der Waals surface area contributed by atoms with E-state index in [0.717, 1.165) is 18.7 Å². The maximum atomic E-state index is 11.8. The first-order valence-electron chi connectivity index (χ1n) is 5.46. The number of carbonyl (C=O) groups excluding carboxylic acids is 1. The van der Waals surface area contributed by atoms with E-state index in [1.165, 1.54) is 0 Å². The Bertz CT molecular complexity index is 532. The minimum absolute atomic E-state index is 0.177. The lowest BCUT2D eigenvalue weighted by Crippen LogP contribution is -2.13. The fourth-order valence-electron chi connectivity index (χ4n) is 1.54. The van der Waals surface area contributed by atoms with Gasteiger partial charge in [-0.1, -0.05) is 0 Å². The second kappa shape index (κ2) is 3.97. The zero-order valence-electron chi connectivity index (χ0n) is 9.05. The minimum Gasteiger partial charge on any atom is -0.318 e. The molecule has 2 aromatic heterocycles. The zero-order valence-corrected chi connectivity index (χ0v) is 9.05. The first-order valence-corrected chi connectivity index (χ1v) is 5.46. The molecule has 1 aliphatic rings. The van der Waals surface area contributed by atoms with Crippen molar-refractivity contribution < 1.29 is 4.79 Å². The highest BCUT2D eigenvalue weighted by Gasteiger charge is 2.28. The van der Waals surface area contributed by atoms with E-state index in [-0.39, 0.29) is 11.7 Å². The van der Waals surface area contributed by atoms with Gasteiger partial charge in [0.2, 0.25) is 5.82 Å². The molecule has 1 saturated carbocycles. The number of H-pyrrole nitrogens is 1. The number of nitrogens with one attached hydrogen (secondary N) is 2. The summed E-state index contributed by atoms with van der Waals surface area (Å²) in [7, 11) is 0. The Hall–Kier alpha value is -2.24. The Morgan fingerprint density at radius 1 is 1.47 bits per heavy atom. The molecular formula is C11H11N5O. The molecule has 3 rings (SSSR count). The van der Waals surface area contributed by atoms with Crippen molar-refractivity contribution in [2.45, 2.75) is 18.8 Å². The largest absolute Gasteiger partial charge is 0.318 e. The van der Waals surface area contributed by atoms with Crippen LogP contribution < -0.4 is 5.32 Å². The highest BCUT2D eigenvalue weighted by atomic mass is 16.2. The molecule has 1 aliphatic carbocycles. The molecule has 0 aromatic carbocycles. The van der Waals surface area contributed by atoms with Crippen LogP contribution in [-0.2, 0) is 0 Å². The number of pyridine rings is 1. The van der Waals surface area contributed by atoms with Crippen molar-refractivity contribution in [3.8, 4) is 0 Å². The van der Waals surface area contributed by atoms with Gasteiger partial charge in [0.1, 0.15) is 5.82 Å². The normalized spacial score (nSPS) is 14.6. The number of aromatic amines is 1. The molecular weight excluding hydrogens is 218 g/mol. The Morgan fingerprint density at radius 3 is 3.06 bits per heavy atom. The lowest BCUT2D eigenvalue weighted by molar-refractivity contribution is 0.101. The van der Waals surface area contributed by atoms with Crippen molar-refractivity contribution in [2.75, 3.05) is 5.32 Å². The fourth-order valence-corrected chi connectivity index (χ4v) is 1.54. The van der Waals surface area contributed by atoms with Gasteiger partial charge in [-0.25, -0.2) is 4.98 Å². The highest BCUT2D eigenvalue weighted by molar-refractivity contribution is 6.01. The molecule has 0 unspecified atom stereocenters. The molecule has 2 aromatic rings. The average molecular weight is 229 g/mol. The molecule has 1 fully saturated rings. The molecule has 6 nitrogen and oxygen atoms in total. The second-order valence-electron chi connectivity index (χ2n) is 4.01. The summed E-state index contributed by atoms with van der Waals surface area (Å²) in [6, 6.07) is 3.52. The monoisotopic (exact) mass is 229 g/mol. The Balaban J connectivity index is 1.72. The van der Waals surface area contributed by atoms with Crippen LogP contribution in [0.2, 0.25) is 0 Å². The third kappa shape index (κ3) is 2.15. The summed E-state index contributed by atoms with van der Waals surface area (Å²) >= 11 is 0. The standard InChI is InChI=1S/C11H11N5O/c17-11(13-8-2-1-5-12-6-8)10-14-9(15-16-10)7-3-4-7/h1-2,5-7H,3-4H2,(H,13,17)(H,14,15,16). The Kier molecular flexibility index (Phi) is 2.32. The van der Waals surface area contributed by atoms with Gasteiger partial charge in [0.05, 0.1) is 11.9 Å². The lowest BCUT2D eigenvalue weighted by Gasteiger charge is -1.99. The highest BCUT2D eigenvalue weighted by Crippen LogP contribution is 2.37. The summed E-state index contributed by atoms with van der Waals surface area (Å²) in [5, 5.41) is 9.39. The van der Waals surface area contributed by atoms with Crippen LogP contribution in [0.25, 0.3) is 0 Å². The molecule has 1 amide bonds. The summed E-state index contributed by atoms with van der Waals surface area (Å²) in [5.74, 6) is 1.13. The molecule has 86 valence electrons. The van der Waals surface area contributed by atoms with Gasteiger partial charge in [-0.05, 0) is 25.0 Å². The minimum atomic E-state index is -0.318. The number of nitrogens with zero attached hydrogens (tertiary/aromatic N) is 3. The molecule has 0 spiro atoms. The third-order valence-corrected chi connectivity index (χ3v) is 2.59. The number of rotatable bonds is 3. The van der Waals surface area contributed by atoms with Crippen molar-refractivity contribution in [1.82, 2.24) is 20.2 Å². The molecule has 2 N–H and O–H groups in total. The number of hydrogen-bond donors (Lipinski definition) is 2. The smallest absolute Gasteiger partial charge is 0.295 e. The number of amides is 1. The van der Waals surface area contributed by atoms with E-state index in [2.05, 4.69) is 25.5 Å². The number of anilines is 1. The van der Waals surface area contributed by atoms with Crippen LogP contribution in [0.4, 0.5) is 5.69 Å². The second-order valence-corrected chi connectivity index (χ2v) is 4.01. The quantitative estimate of drug-likeness (QED) is 0.831. The van der Waals surface area contributed by atoms with E-state index >= 15 is 0 Å². The Labute approximate surface area is 97.5 Å². The molecule has 2 heterocycles. The van der Waals surface area contributed by atoms with Gasteiger partial charge < -0.3 is 5.32 Å². The van der Waals surface area contributed by atoms with Crippen LogP contribution in [0.15, 0.2) is 24.5 Å². The summed E-state index contributed by atoms with van der Waals surface area (Å²) in [5.41, 5.74) is 0.635. The topological polar surface area (TPSA) is 83.6 Å². The van der Waals surface area contributed by atoms with Crippen LogP contribution in [0, 0.1) is 0 Å². The van der Waals surface area contributed by atoms with E-state index in [1.807, 2.05) is 0 Å². The summed E-state index contributed by atoms with van der Waals surface area (Å²) in [4.78, 5) is 19.9. The van der Waals surface area contributed by atoms with Crippen LogP contribution in [-0.4, -0.2) is 26.1 Å². The number of hydrogen-bond acceptors (Lipinski definition) is 4. The van der Waals surface area contributed by atoms with Crippen LogP contribution in [0.5, 0.6) is 0 Å². The zero-order chi connectivity index (χ0) is 11.7. The predicted octanol–water partition coefficient (Wildman–Crippen LogP) is 1.33. The van der Waals surface area contributed by atoms with Gasteiger partial charge >= 0.3 is 0 Å². The summed E-state index contributed by atoms with van der Waals surface area (Å²) < 4.78 is 0. The van der Waals surface area contributed by atoms with Crippen molar-refractivity contribution in [1.29, 1.82) is 0 Å². The molecule has 17 heavy (non-hydrogen) atoms. The van der Waals surface area contributed by atoms with E-state index in [1.54, 1.807) is 24.5 Å². The van der Waals surface area contributed by atoms with Gasteiger partial charge in [0, 0.05) is 12.1 Å². The first-order chi connectivity index (χ1) is 8.33. The van der Waals surface area contributed by atoms with Gasteiger partial charge in [-0.2, -0.15) is 0 Å². The lowest BCUT2D eigenvalue weighted by atomic mass is 10.4. The van der Waals surface area contributed by atoms with Crippen molar-refractivity contribution in [3.05, 3.63) is 36.2 Å². The van der Waals surface area contributed by atoms with Crippen LogP contribution >= 0.6 is 0 Å². The Morgan fingerprint density at radius 2 is 2.35 bits per heavy atom. The van der Waals surface area contributed by atoms with Crippen LogP contribution in [0.1, 0.15) is 35.2 Å². The molecule has 0 atom stereocenters. The predicted molar refractivity (Wildman–Crippen MR) is 60.5 cm³/mol. The third-order valence-electron chi connectivity index (χ3n) is 2.59. The van der Waals surface area contributed by atoms with E-state index in [9.17, 15) is 4.79 Å². The van der Waals surface area contributed by atoms with Crippen LogP contribution in [0.3, 0.4) is 0 Å².